The molecule has 0 spiro atoms. The fourth-order valence-corrected chi connectivity index (χ4v) is 3.44. The van der Waals surface area contributed by atoms with E-state index in [1.807, 2.05) is 48.5 Å². The number of nitrogens with zero attached hydrogens (tertiary/aromatic N) is 1. The number of piperidine rings is 1. The van der Waals surface area contributed by atoms with Crippen molar-refractivity contribution in [3.63, 3.8) is 0 Å². The summed E-state index contributed by atoms with van der Waals surface area (Å²) in [7, 11) is 0. The maximum atomic E-state index is 12.6. The van der Waals surface area contributed by atoms with Gasteiger partial charge >= 0.3 is 18.0 Å². The molecule has 3 N–H and O–H groups in total. The highest BCUT2D eigenvalue weighted by Gasteiger charge is 2.31. The third-order valence-electron chi connectivity index (χ3n) is 5.26. The number of imide groups is 1. The summed E-state index contributed by atoms with van der Waals surface area (Å²) in [5, 5.41) is 7.55. The van der Waals surface area contributed by atoms with Crippen molar-refractivity contribution in [3.05, 3.63) is 66.2 Å². The van der Waals surface area contributed by atoms with Gasteiger partial charge in [0.05, 0.1) is 5.92 Å². The van der Waals surface area contributed by atoms with Crippen molar-refractivity contribution in [1.29, 1.82) is 0 Å². The van der Waals surface area contributed by atoms with E-state index in [-0.39, 0.29) is 19.1 Å². The molecular weight excluding hydrogens is 424 g/mol. The third-order valence-corrected chi connectivity index (χ3v) is 5.26. The van der Waals surface area contributed by atoms with Crippen LogP contribution in [0.2, 0.25) is 0 Å². The minimum atomic E-state index is -1.14. The van der Waals surface area contributed by atoms with Crippen molar-refractivity contribution in [2.24, 2.45) is 5.92 Å². The number of likely N-dealkylation sites (tertiary alicyclic amines) is 1. The van der Waals surface area contributed by atoms with Gasteiger partial charge in [0.25, 0.3) is 5.91 Å². The number of hydrogen-bond acceptors (Lipinski definition) is 5. The zero-order chi connectivity index (χ0) is 23.6. The molecule has 1 saturated heterocycles. The molecule has 5 amide bonds. The van der Waals surface area contributed by atoms with Crippen LogP contribution in [-0.2, 0) is 20.9 Å². The molecule has 0 aromatic heterocycles. The quantitative estimate of drug-likeness (QED) is 0.583. The van der Waals surface area contributed by atoms with Crippen LogP contribution in [-0.4, -0.2) is 48.0 Å². The molecule has 0 aliphatic carbocycles. The fourth-order valence-electron chi connectivity index (χ4n) is 3.44. The Bertz CT molecular complexity index is 967. The summed E-state index contributed by atoms with van der Waals surface area (Å²) in [6.45, 7) is 2.39. The SMILES string of the molecule is CC(OC(=O)C1CCCN(C(=O)Nc2ccccc2)C1)C(=O)NC(=O)NCc1ccccc1. The number of ether oxygens (including phenoxy) is 1. The zero-order valence-corrected chi connectivity index (χ0v) is 18.5. The molecular formula is C24H28N4O5. The van der Waals surface area contributed by atoms with Crippen molar-refractivity contribution >= 4 is 29.6 Å². The number of carbonyl (C=O) groups excluding carboxylic acids is 4. The molecule has 33 heavy (non-hydrogen) atoms. The predicted molar refractivity (Wildman–Crippen MR) is 122 cm³/mol. The molecule has 9 nitrogen and oxygen atoms in total. The first-order valence-corrected chi connectivity index (χ1v) is 10.9. The zero-order valence-electron chi connectivity index (χ0n) is 18.5. The fraction of sp³-hybridized carbons (Fsp3) is 0.333. The Balaban J connectivity index is 1.43. The van der Waals surface area contributed by atoms with E-state index < -0.39 is 29.9 Å². The molecule has 3 rings (SSSR count). The lowest BCUT2D eigenvalue weighted by Gasteiger charge is -2.32. The van der Waals surface area contributed by atoms with Crippen LogP contribution in [0, 0.1) is 5.92 Å². The maximum Gasteiger partial charge on any atom is 0.321 e. The van der Waals surface area contributed by atoms with Crippen molar-refractivity contribution in [1.82, 2.24) is 15.5 Å². The molecule has 2 unspecified atom stereocenters. The monoisotopic (exact) mass is 452 g/mol. The average molecular weight is 453 g/mol. The van der Waals surface area contributed by atoms with Gasteiger partial charge in [-0.2, -0.15) is 0 Å². The number of amides is 5. The van der Waals surface area contributed by atoms with Crippen LogP contribution in [0.5, 0.6) is 0 Å². The minimum absolute atomic E-state index is 0.198. The third kappa shape index (κ3) is 7.34. The highest BCUT2D eigenvalue weighted by Crippen LogP contribution is 2.20. The molecule has 0 bridgehead atoms. The lowest BCUT2D eigenvalue weighted by molar-refractivity contribution is -0.159. The number of para-hydroxylation sites is 1. The molecule has 1 fully saturated rings. The Hall–Kier alpha value is -3.88. The molecule has 0 saturated carbocycles. The summed E-state index contributed by atoms with van der Waals surface area (Å²) >= 11 is 0. The second kappa shape index (κ2) is 11.7. The number of esters is 1. The number of hydrogen-bond donors (Lipinski definition) is 3. The van der Waals surface area contributed by atoms with Crippen LogP contribution in [0.4, 0.5) is 15.3 Å². The Morgan fingerprint density at radius 1 is 1.03 bits per heavy atom. The summed E-state index contributed by atoms with van der Waals surface area (Å²) in [5.74, 6) is -1.83. The summed E-state index contributed by atoms with van der Waals surface area (Å²) in [6.07, 6.45) is 0.0538. The number of carbonyl (C=O) groups is 4. The van der Waals surface area contributed by atoms with Gasteiger partial charge in [-0.3, -0.25) is 14.9 Å². The van der Waals surface area contributed by atoms with Gasteiger partial charge in [-0.05, 0) is 37.5 Å². The summed E-state index contributed by atoms with van der Waals surface area (Å²) in [4.78, 5) is 50.8. The van der Waals surface area contributed by atoms with Gasteiger partial charge in [0.1, 0.15) is 0 Å². The van der Waals surface area contributed by atoms with E-state index in [9.17, 15) is 19.2 Å². The molecule has 1 heterocycles. The van der Waals surface area contributed by atoms with Gasteiger partial charge in [-0.15, -0.1) is 0 Å². The largest absolute Gasteiger partial charge is 0.452 e. The van der Waals surface area contributed by atoms with E-state index in [4.69, 9.17) is 4.74 Å². The molecule has 2 aromatic rings. The van der Waals surface area contributed by atoms with E-state index >= 15 is 0 Å². The van der Waals surface area contributed by atoms with Crippen molar-refractivity contribution in [3.8, 4) is 0 Å². The minimum Gasteiger partial charge on any atom is -0.452 e. The van der Waals surface area contributed by atoms with Crippen molar-refractivity contribution < 1.29 is 23.9 Å². The first-order valence-electron chi connectivity index (χ1n) is 10.9. The standard InChI is InChI=1S/C24H28N4O5/c1-17(21(29)27-23(31)25-15-18-9-4-2-5-10-18)33-22(30)19-11-8-14-28(16-19)24(32)26-20-12-6-3-7-13-20/h2-7,9-10,12-13,17,19H,8,11,14-16H2,1H3,(H,26,32)(H2,25,27,29,31). The van der Waals surface area contributed by atoms with E-state index in [0.29, 0.717) is 25.1 Å². The summed E-state index contributed by atoms with van der Waals surface area (Å²) in [5.41, 5.74) is 1.56. The lowest BCUT2D eigenvalue weighted by atomic mass is 9.98. The molecule has 174 valence electrons. The Kier molecular flexibility index (Phi) is 8.40. The number of anilines is 1. The van der Waals surface area contributed by atoms with E-state index in [2.05, 4.69) is 16.0 Å². The van der Waals surface area contributed by atoms with Crippen LogP contribution < -0.4 is 16.0 Å². The van der Waals surface area contributed by atoms with Gasteiger partial charge in [0.2, 0.25) is 0 Å². The second-order valence-electron chi connectivity index (χ2n) is 7.82. The topological polar surface area (TPSA) is 117 Å². The van der Waals surface area contributed by atoms with E-state index in [0.717, 1.165) is 5.56 Å². The van der Waals surface area contributed by atoms with Gasteiger partial charge in [-0.1, -0.05) is 48.5 Å². The first-order chi connectivity index (χ1) is 15.9. The first kappa shape index (κ1) is 23.8. The molecule has 1 aliphatic rings. The molecule has 0 radical (unpaired) electrons. The second-order valence-corrected chi connectivity index (χ2v) is 7.82. The molecule has 2 aromatic carbocycles. The highest BCUT2D eigenvalue weighted by molar-refractivity contribution is 5.97. The van der Waals surface area contributed by atoms with Crippen LogP contribution in [0.3, 0.4) is 0 Å². The van der Waals surface area contributed by atoms with Crippen molar-refractivity contribution in [2.75, 3.05) is 18.4 Å². The lowest BCUT2D eigenvalue weighted by Crippen LogP contribution is -2.47. The molecule has 2 atom stereocenters. The average Bonchev–Trinajstić information content (AvgIpc) is 2.84. The van der Waals surface area contributed by atoms with Gasteiger partial charge in [-0.25, -0.2) is 9.59 Å². The summed E-state index contributed by atoms with van der Waals surface area (Å²) in [6, 6.07) is 17.3. The number of rotatable bonds is 6. The number of urea groups is 2. The normalized spacial score (nSPS) is 16.3. The van der Waals surface area contributed by atoms with Crippen LogP contribution >= 0.6 is 0 Å². The highest BCUT2D eigenvalue weighted by atomic mass is 16.5. The number of benzene rings is 2. The van der Waals surface area contributed by atoms with Gasteiger partial charge in [0.15, 0.2) is 6.10 Å². The maximum absolute atomic E-state index is 12.6. The van der Waals surface area contributed by atoms with Gasteiger partial charge < -0.3 is 20.3 Å². The van der Waals surface area contributed by atoms with Crippen LogP contribution in [0.1, 0.15) is 25.3 Å². The van der Waals surface area contributed by atoms with E-state index in [1.165, 1.54) is 6.92 Å². The molecule has 9 heteroatoms. The van der Waals surface area contributed by atoms with Crippen LogP contribution in [0.15, 0.2) is 60.7 Å². The van der Waals surface area contributed by atoms with Crippen LogP contribution in [0.25, 0.3) is 0 Å². The Labute approximate surface area is 192 Å². The smallest absolute Gasteiger partial charge is 0.321 e. The summed E-state index contributed by atoms with van der Waals surface area (Å²) < 4.78 is 5.27. The van der Waals surface area contributed by atoms with E-state index in [1.54, 1.807) is 17.0 Å². The predicted octanol–water partition coefficient (Wildman–Crippen LogP) is 2.89. The van der Waals surface area contributed by atoms with Gasteiger partial charge in [0, 0.05) is 25.3 Å². The number of nitrogens with one attached hydrogen (secondary N) is 3. The Morgan fingerprint density at radius 3 is 2.39 bits per heavy atom. The molecule has 1 aliphatic heterocycles. The Morgan fingerprint density at radius 2 is 1.70 bits per heavy atom. The van der Waals surface area contributed by atoms with Crippen molar-refractivity contribution in [2.45, 2.75) is 32.4 Å².